The topological polar surface area (TPSA) is 51.8 Å². The molecule has 2 aromatic carbocycles. The Hall–Kier alpha value is -2.42. The van der Waals surface area contributed by atoms with Crippen molar-refractivity contribution in [3.05, 3.63) is 53.1 Å². The molecule has 3 nitrogen and oxygen atoms in total. The fourth-order valence-electron chi connectivity index (χ4n) is 2.28. The molecular formula is C17H17N3. The number of aromatic nitrogens is 2. The van der Waals surface area contributed by atoms with Crippen LogP contribution in [0.2, 0.25) is 0 Å². The highest BCUT2D eigenvalue weighted by molar-refractivity contribution is 5.90. The van der Waals surface area contributed by atoms with Crippen molar-refractivity contribution >= 4 is 16.7 Å². The number of nitrogens with zero attached hydrogens (tertiary/aromatic N) is 2. The summed E-state index contributed by atoms with van der Waals surface area (Å²) in [4.78, 5) is 9.08. The number of benzene rings is 2. The number of aryl methyl sites for hydroxylation is 3. The van der Waals surface area contributed by atoms with Gasteiger partial charge in [0, 0.05) is 10.9 Å². The molecule has 0 bridgehead atoms. The molecule has 1 heterocycles. The summed E-state index contributed by atoms with van der Waals surface area (Å²) in [7, 11) is 0. The van der Waals surface area contributed by atoms with Gasteiger partial charge in [-0.2, -0.15) is 0 Å². The molecule has 3 aromatic rings. The second kappa shape index (κ2) is 4.60. The number of anilines is 1. The van der Waals surface area contributed by atoms with Crippen LogP contribution in [0.15, 0.2) is 36.4 Å². The maximum absolute atomic E-state index is 6.08. The predicted octanol–water partition coefficient (Wildman–Crippen LogP) is 3.80. The summed E-state index contributed by atoms with van der Waals surface area (Å²) in [5.74, 6) is 1.22. The Labute approximate surface area is 118 Å². The van der Waals surface area contributed by atoms with Crippen molar-refractivity contribution in [1.82, 2.24) is 9.97 Å². The number of nitrogens with two attached hydrogens (primary N) is 1. The van der Waals surface area contributed by atoms with Gasteiger partial charge in [0.1, 0.15) is 5.82 Å². The maximum atomic E-state index is 6.08. The Morgan fingerprint density at radius 3 is 2.40 bits per heavy atom. The normalized spacial score (nSPS) is 10.9. The highest BCUT2D eigenvalue weighted by Gasteiger charge is 2.08. The lowest BCUT2D eigenvalue weighted by molar-refractivity contribution is 1.22. The lowest BCUT2D eigenvalue weighted by atomic mass is 10.1. The van der Waals surface area contributed by atoms with Crippen molar-refractivity contribution in [2.75, 3.05) is 5.73 Å². The largest absolute Gasteiger partial charge is 0.383 e. The SMILES string of the molecule is Cc1ccc2nc(-c3ccc(C)c(C)c3)nc(N)c2c1. The Kier molecular flexibility index (Phi) is 2.90. The lowest BCUT2D eigenvalue weighted by Crippen LogP contribution is -1.98. The molecule has 0 atom stereocenters. The van der Waals surface area contributed by atoms with Gasteiger partial charge in [-0.25, -0.2) is 9.97 Å². The van der Waals surface area contributed by atoms with Crippen molar-refractivity contribution in [2.24, 2.45) is 0 Å². The molecule has 0 amide bonds. The van der Waals surface area contributed by atoms with Crippen LogP contribution >= 0.6 is 0 Å². The van der Waals surface area contributed by atoms with Crippen LogP contribution in [0, 0.1) is 20.8 Å². The molecule has 1 aromatic heterocycles. The standard InChI is InChI=1S/C17H17N3/c1-10-4-7-15-14(8-10)16(18)20-17(19-15)13-6-5-11(2)12(3)9-13/h4-9H,1-3H3,(H2,18,19,20). The molecular weight excluding hydrogens is 246 g/mol. The zero-order valence-corrected chi connectivity index (χ0v) is 11.9. The first-order chi connectivity index (χ1) is 9.54. The Morgan fingerprint density at radius 1 is 0.850 bits per heavy atom. The third-order valence-electron chi connectivity index (χ3n) is 3.65. The monoisotopic (exact) mass is 263 g/mol. The van der Waals surface area contributed by atoms with Gasteiger partial charge in [0.05, 0.1) is 5.52 Å². The second-order valence-corrected chi connectivity index (χ2v) is 5.25. The molecule has 0 saturated heterocycles. The number of rotatable bonds is 1. The maximum Gasteiger partial charge on any atom is 0.162 e. The third kappa shape index (κ3) is 2.11. The zero-order chi connectivity index (χ0) is 14.3. The molecule has 0 fully saturated rings. The van der Waals surface area contributed by atoms with E-state index in [9.17, 15) is 0 Å². The van der Waals surface area contributed by atoms with Crippen molar-refractivity contribution in [3.8, 4) is 11.4 Å². The molecule has 0 aliphatic carbocycles. The van der Waals surface area contributed by atoms with Crippen molar-refractivity contribution < 1.29 is 0 Å². The van der Waals surface area contributed by atoms with Crippen LogP contribution in [0.5, 0.6) is 0 Å². The highest BCUT2D eigenvalue weighted by Crippen LogP contribution is 2.25. The molecule has 0 spiro atoms. The van der Waals surface area contributed by atoms with Gasteiger partial charge in [-0.05, 0) is 50.1 Å². The number of hydrogen-bond acceptors (Lipinski definition) is 3. The first-order valence-corrected chi connectivity index (χ1v) is 6.66. The first kappa shape index (κ1) is 12.6. The van der Waals surface area contributed by atoms with Crippen LogP contribution in [-0.4, -0.2) is 9.97 Å². The van der Waals surface area contributed by atoms with Gasteiger partial charge in [-0.3, -0.25) is 0 Å². The van der Waals surface area contributed by atoms with E-state index in [-0.39, 0.29) is 0 Å². The van der Waals surface area contributed by atoms with Crippen molar-refractivity contribution in [1.29, 1.82) is 0 Å². The minimum atomic E-state index is 0.534. The molecule has 0 aliphatic rings. The molecule has 0 aliphatic heterocycles. The second-order valence-electron chi connectivity index (χ2n) is 5.25. The van der Waals surface area contributed by atoms with Crippen LogP contribution < -0.4 is 5.73 Å². The summed E-state index contributed by atoms with van der Waals surface area (Å²) < 4.78 is 0. The minimum Gasteiger partial charge on any atom is -0.383 e. The van der Waals surface area contributed by atoms with E-state index in [2.05, 4.69) is 35.9 Å². The molecule has 0 radical (unpaired) electrons. The van der Waals surface area contributed by atoms with Crippen molar-refractivity contribution in [3.63, 3.8) is 0 Å². The molecule has 0 saturated carbocycles. The van der Waals surface area contributed by atoms with Gasteiger partial charge >= 0.3 is 0 Å². The third-order valence-corrected chi connectivity index (χ3v) is 3.65. The zero-order valence-electron chi connectivity index (χ0n) is 11.9. The summed E-state index contributed by atoms with van der Waals surface area (Å²) >= 11 is 0. The van der Waals surface area contributed by atoms with Gasteiger partial charge < -0.3 is 5.73 Å². The van der Waals surface area contributed by atoms with Gasteiger partial charge in [0.25, 0.3) is 0 Å². The highest BCUT2D eigenvalue weighted by atomic mass is 14.9. The first-order valence-electron chi connectivity index (χ1n) is 6.66. The molecule has 3 rings (SSSR count). The fraction of sp³-hybridized carbons (Fsp3) is 0.176. The fourth-order valence-corrected chi connectivity index (χ4v) is 2.28. The van der Waals surface area contributed by atoms with Crippen LogP contribution in [-0.2, 0) is 0 Å². The quantitative estimate of drug-likeness (QED) is 0.726. The summed E-state index contributed by atoms with van der Waals surface area (Å²) in [6.07, 6.45) is 0. The van der Waals surface area contributed by atoms with E-state index in [0.717, 1.165) is 22.0 Å². The van der Waals surface area contributed by atoms with Gasteiger partial charge in [0.15, 0.2) is 5.82 Å². The van der Waals surface area contributed by atoms with E-state index in [0.29, 0.717) is 11.6 Å². The van der Waals surface area contributed by atoms with Crippen LogP contribution in [0.1, 0.15) is 16.7 Å². The van der Waals surface area contributed by atoms with Crippen molar-refractivity contribution in [2.45, 2.75) is 20.8 Å². The summed E-state index contributed by atoms with van der Waals surface area (Å²) in [6, 6.07) is 12.3. The van der Waals surface area contributed by atoms with Gasteiger partial charge in [-0.15, -0.1) is 0 Å². The molecule has 20 heavy (non-hydrogen) atoms. The van der Waals surface area contributed by atoms with Gasteiger partial charge in [-0.1, -0.05) is 23.8 Å². The average molecular weight is 263 g/mol. The molecule has 2 N–H and O–H groups in total. The van der Waals surface area contributed by atoms with E-state index in [1.807, 2.05) is 31.2 Å². The Morgan fingerprint density at radius 2 is 1.65 bits per heavy atom. The molecule has 100 valence electrons. The predicted molar refractivity (Wildman–Crippen MR) is 83.6 cm³/mol. The minimum absolute atomic E-state index is 0.534. The summed E-state index contributed by atoms with van der Waals surface area (Å²) in [5.41, 5.74) is 11.6. The van der Waals surface area contributed by atoms with E-state index in [1.165, 1.54) is 11.1 Å². The average Bonchev–Trinajstić information content (AvgIpc) is 2.42. The number of nitrogen functional groups attached to an aromatic ring is 1. The smallest absolute Gasteiger partial charge is 0.162 e. The summed E-state index contributed by atoms with van der Waals surface area (Å²) in [6.45, 7) is 6.22. The lowest BCUT2D eigenvalue weighted by Gasteiger charge is -2.08. The van der Waals surface area contributed by atoms with E-state index < -0.39 is 0 Å². The molecule has 0 unspecified atom stereocenters. The Bertz CT molecular complexity index is 807. The van der Waals surface area contributed by atoms with Crippen LogP contribution in [0.3, 0.4) is 0 Å². The van der Waals surface area contributed by atoms with Crippen LogP contribution in [0.25, 0.3) is 22.3 Å². The van der Waals surface area contributed by atoms with E-state index in [4.69, 9.17) is 5.73 Å². The van der Waals surface area contributed by atoms with Gasteiger partial charge in [0.2, 0.25) is 0 Å². The number of fused-ring (bicyclic) bond motifs is 1. The van der Waals surface area contributed by atoms with Crippen LogP contribution in [0.4, 0.5) is 5.82 Å². The molecule has 3 heteroatoms. The summed E-state index contributed by atoms with van der Waals surface area (Å²) in [5, 5.41) is 0.914. The van der Waals surface area contributed by atoms with E-state index >= 15 is 0 Å². The Balaban J connectivity index is 2.21. The van der Waals surface area contributed by atoms with E-state index in [1.54, 1.807) is 0 Å². The number of hydrogen-bond donors (Lipinski definition) is 1.